The minimum absolute atomic E-state index is 0.859. The molecule has 4 nitrogen and oxygen atoms in total. The van der Waals surface area contributed by atoms with E-state index in [9.17, 15) is 0 Å². The molecule has 0 radical (unpaired) electrons. The number of nitrogens with zero attached hydrogens (tertiary/aromatic N) is 3. The van der Waals surface area contributed by atoms with E-state index in [-0.39, 0.29) is 0 Å². The highest BCUT2D eigenvalue weighted by Crippen LogP contribution is 2.23. The summed E-state index contributed by atoms with van der Waals surface area (Å²) in [6, 6.07) is 8.22. The van der Waals surface area contributed by atoms with Gasteiger partial charge in [0.25, 0.3) is 0 Å². The highest BCUT2D eigenvalue weighted by Gasteiger charge is 2.08. The van der Waals surface area contributed by atoms with Crippen LogP contribution in [0.1, 0.15) is 5.56 Å². The van der Waals surface area contributed by atoms with Crippen molar-refractivity contribution in [3.8, 4) is 0 Å². The third kappa shape index (κ3) is 1.82. The van der Waals surface area contributed by atoms with Crippen LogP contribution in [0.5, 0.6) is 0 Å². The number of pyridine rings is 1. The molecule has 0 spiro atoms. The second-order valence-electron chi connectivity index (χ2n) is 4.14. The second kappa shape index (κ2) is 4.05. The fourth-order valence-corrected chi connectivity index (χ4v) is 2.03. The number of hydrazine groups is 1. The van der Waals surface area contributed by atoms with Crippen LogP contribution < -0.4 is 5.43 Å². The molecule has 0 fully saturated rings. The molecule has 1 aliphatic rings. The average Bonchev–Trinajstić information content (AvgIpc) is 2.86. The first-order chi connectivity index (χ1) is 8.34. The zero-order valence-electron chi connectivity index (χ0n) is 9.72. The first kappa shape index (κ1) is 10.1. The van der Waals surface area contributed by atoms with E-state index in [2.05, 4.69) is 40.5 Å². The van der Waals surface area contributed by atoms with Gasteiger partial charge in [0.15, 0.2) is 0 Å². The van der Waals surface area contributed by atoms with Gasteiger partial charge in [0, 0.05) is 17.1 Å². The van der Waals surface area contributed by atoms with Crippen LogP contribution in [0, 0.1) is 6.92 Å². The average molecular weight is 226 g/mol. The van der Waals surface area contributed by atoms with E-state index < -0.39 is 0 Å². The Morgan fingerprint density at radius 3 is 3.06 bits per heavy atom. The number of aryl methyl sites for hydroxylation is 1. The molecule has 1 aromatic carbocycles. The maximum atomic E-state index is 4.42. The van der Waals surface area contributed by atoms with Crippen molar-refractivity contribution in [3.05, 3.63) is 36.0 Å². The molecule has 0 saturated heterocycles. The van der Waals surface area contributed by atoms with Gasteiger partial charge in [-0.3, -0.25) is 20.4 Å². The van der Waals surface area contributed by atoms with Crippen LogP contribution in [0.2, 0.25) is 0 Å². The summed E-state index contributed by atoms with van der Waals surface area (Å²) in [5.74, 6) is 0. The summed E-state index contributed by atoms with van der Waals surface area (Å²) in [6.07, 6.45) is 3.67. The number of benzene rings is 1. The lowest BCUT2D eigenvalue weighted by molar-refractivity contribution is 0.557. The third-order valence-corrected chi connectivity index (χ3v) is 2.98. The van der Waals surface area contributed by atoms with Crippen LogP contribution in [0.3, 0.4) is 0 Å². The quantitative estimate of drug-likeness (QED) is 0.853. The second-order valence-corrected chi connectivity index (χ2v) is 4.14. The van der Waals surface area contributed by atoms with E-state index in [0.29, 0.717) is 0 Å². The van der Waals surface area contributed by atoms with Gasteiger partial charge in [-0.2, -0.15) is 0 Å². The van der Waals surface area contributed by atoms with Crippen LogP contribution in [0.25, 0.3) is 10.9 Å². The van der Waals surface area contributed by atoms with Crippen molar-refractivity contribution in [1.29, 1.82) is 0 Å². The minimum Gasteiger partial charge on any atom is -0.297 e. The van der Waals surface area contributed by atoms with E-state index in [1.165, 1.54) is 10.9 Å². The Hall–Kier alpha value is -2.10. The summed E-state index contributed by atoms with van der Waals surface area (Å²) in [4.78, 5) is 8.60. The van der Waals surface area contributed by atoms with Gasteiger partial charge in [-0.05, 0) is 19.1 Å². The molecule has 2 heterocycles. The van der Waals surface area contributed by atoms with E-state index in [0.717, 1.165) is 24.3 Å². The summed E-state index contributed by atoms with van der Waals surface area (Å²) >= 11 is 0. The van der Waals surface area contributed by atoms with Crippen molar-refractivity contribution in [2.75, 3.05) is 18.5 Å². The predicted molar refractivity (Wildman–Crippen MR) is 70.2 cm³/mol. The Balaban J connectivity index is 1.99. The van der Waals surface area contributed by atoms with Crippen LogP contribution in [-0.4, -0.2) is 29.4 Å². The molecule has 86 valence electrons. The highest BCUT2D eigenvalue weighted by atomic mass is 15.5. The van der Waals surface area contributed by atoms with Gasteiger partial charge in [-0.1, -0.05) is 12.1 Å². The van der Waals surface area contributed by atoms with Crippen LogP contribution >= 0.6 is 0 Å². The van der Waals surface area contributed by atoms with Gasteiger partial charge < -0.3 is 0 Å². The molecule has 0 atom stereocenters. The summed E-state index contributed by atoms with van der Waals surface area (Å²) in [5, 5.41) is 3.17. The Kier molecular flexibility index (Phi) is 2.40. The van der Waals surface area contributed by atoms with Gasteiger partial charge in [-0.25, -0.2) is 0 Å². The largest absolute Gasteiger partial charge is 0.297 e. The number of hydrogen-bond donors (Lipinski definition) is 1. The summed E-state index contributed by atoms with van der Waals surface area (Å²) in [7, 11) is 0. The summed E-state index contributed by atoms with van der Waals surface area (Å²) < 4.78 is 0. The van der Waals surface area contributed by atoms with Gasteiger partial charge >= 0.3 is 0 Å². The van der Waals surface area contributed by atoms with Crippen LogP contribution in [-0.2, 0) is 0 Å². The lowest BCUT2D eigenvalue weighted by atomic mass is 10.1. The van der Waals surface area contributed by atoms with Crippen molar-refractivity contribution in [1.82, 2.24) is 9.99 Å². The van der Waals surface area contributed by atoms with Crippen molar-refractivity contribution < 1.29 is 0 Å². The smallest absolute Gasteiger partial charge is 0.104 e. The SMILES string of the molecule is Cc1c(NN2C=NCC2)ccc2cccnc12. The van der Waals surface area contributed by atoms with E-state index in [1.54, 1.807) is 0 Å². The molecule has 0 saturated carbocycles. The number of hydrogen-bond acceptors (Lipinski definition) is 4. The van der Waals surface area contributed by atoms with Crippen LogP contribution in [0.15, 0.2) is 35.5 Å². The Morgan fingerprint density at radius 2 is 2.24 bits per heavy atom. The molecule has 1 aromatic heterocycles. The fraction of sp³-hybridized carbons (Fsp3) is 0.231. The van der Waals surface area contributed by atoms with Crippen LogP contribution in [0.4, 0.5) is 5.69 Å². The Morgan fingerprint density at radius 1 is 1.29 bits per heavy atom. The molecular weight excluding hydrogens is 212 g/mol. The molecule has 1 aliphatic heterocycles. The number of rotatable bonds is 2. The monoisotopic (exact) mass is 226 g/mol. The molecule has 0 aliphatic carbocycles. The number of fused-ring (bicyclic) bond motifs is 1. The standard InChI is InChI=1S/C13H14N4/c1-10-12(16-17-8-7-14-9-17)5-4-11-3-2-6-15-13(10)11/h2-6,9,16H,7-8H2,1H3. The van der Waals surface area contributed by atoms with Gasteiger partial charge in [0.2, 0.25) is 0 Å². The molecule has 0 unspecified atom stereocenters. The Labute approximate surface area is 100.0 Å². The molecular formula is C13H14N4. The van der Waals surface area contributed by atoms with Crippen molar-refractivity contribution >= 4 is 22.9 Å². The first-order valence-electron chi connectivity index (χ1n) is 5.72. The van der Waals surface area contributed by atoms with E-state index in [4.69, 9.17) is 0 Å². The van der Waals surface area contributed by atoms with Gasteiger partial charge in [0.1, 0.15) is 6.34 Å². The van der Waals surface area contributed by atoms with Crippen molar-refractivity contribution in [2.24, 2.45) is 4.99 Å². The lowest BCUT2D eigenvalue weighted by Gasteiger charge is -2.19. The highest BCUT2D eigenvalue weighted by molar-refractivity contribution is 5.86. The van der Waals surface area contributed by atoms with Gasteiger partial charge in [0.05, 0.1) is 24.3 Å². The zero-order chi connectivity index (χ0) is 11.7. The van der Waals surface area contributed by atoms with Gasteiger partial charge in [-0.15, -0.1) is 0 Å². The van der Waals surface area contributed by atoms with E-state index >= 15 is 0 Å². The molecule has 17 heavy (non-hydrogen) atoms. The maximum absolute atomic E-state index is 4.42. The number of nitrogens with one attached hydrogen (secondary N) is 1. The summed E-state index contributed by atoms with van der Waals surface area (Å²) in [6.45, 7) is 3.86. The topological polar surface area (TPSA) is 40.5 Å². The first-order valence-corrected chi connectivity index (χ1v) is 5.72. The molecule has 0 bridgehead atoms. The third-order valence-electron chi connectivity index (χ3n) is 2.98. The minimum atomic E-state index is 0.859. The molecule has 2 aromatic rings. The maximum Gasteiger partial charge on any atom is 0.104 e. The lowest BCUT2D eigenvalue weighted by Crippen LogP contribution is -2.26. The number of aromatic nitrogens is 1. The number of anilines is 1. The molecule has 1 N–H and O–H groups in total. The molecule has 4 heteroatoms. The predicted octanol–water partition coefficient (Wildman–Crippen LogP) is 2.21. The Bertz CT molecular complexity index is 577. The summed E-state index contributed by atoms with van der Waals surface area (Å²) in [5.41, 5.74) is 6.65. The zero-order valence-corrected chi connectivity index (χ0v) is 9.72. The molecule has 0 amide bonds. The number of aliphatic imine (C=N–C) groups is 1. The van der Waals surface area contributed by atoms with E-state index in [1.807, 2.05) is 23.6 Å². The normalized spacial score (nSPS) is 14.5. The van der Waals surface area contributed by atoms with Crippen molar-refractivity contribution in [2.45, 2.75) is 6.92 Å². The molecule has 3 rings (SSSR count). The van der Waals surface area contributed by atoms with Crippen molar-refractivity contribution in [3.63, 3.8) is 0 Å². The fourth-order valence-electron chi connectivity index (χ4n) is 2.03.